The first-order chi connectivity index (χ1) is 13.2. The number of anilines is 2. The zero-order valence-electron chi connectivity index (χ0n) is 15.0. The maximum atomic E-state index is 14.1. The number of piperazine rings is 1. The quantitative estimate of drug-likeness (QED) is 0.536. The molecule has 0 spiro atoms. The maximum Gasteiger partial charge on any atom is 0.196 e. The molecule has 0 bridgehead atoms. The molecule has 0 atom stereocenters. The van der Waals surface area contributed by atoms with Gasteiger partial charge in [-0.3, -0.25) is 0 Å². The van der Waals surface area contributed by atoms with Crippen LogP contribution in [0.2, 0.25) is 0 Å². The van der Waals surface area contributed by atoms with Crippen LogP contribution >= 0.6 is 0 Å². The molecule has 27 heavy (non-hydrogen) atoms. The Labute approximate surface area is 156 Å². The van der Waals surface area contributed by atoms with E-state index in [0.717, 1.165) is 59.9 Å². The predicted octanol–water partition coefficient (Wildman–Crippen LogP) is 4.15. The number of nitrogens with zero attached hydrogens (tertiary/aromatic N) is 4. The molecule has 0 amide bonds. The van der Waals surface area contributed by atoms with E-state index in [1.165, 1.54) is 6.07 Å². The largest absolute Gasteiger partial charge is 0.450 e. The van der Waals surface area contributed by atoms with Gasteiger partial charge in [0, 0.05) is 31.6 Å². The van der Waals surface area contributed by atoms with Crippen molar-refractivity contribution in [3.8, 4) is 0 Å². The van der Waals surface area contributed by atoms with Crippen molar-refractivity contribution in [1.82, 2.24) is 9.97 Å². The van der Waals surface area contributed by atoms with Crippen LogP contribution in [0.3, 0.4) is 0 Å². The van der Waals surface area contributed by atoms with Crippen molar-refractivity contribution >= 4 is 33.6 Å². The molecule has 0 aliphatic carbocycles. The Morgan fingerprint density at radius 1 is 0.889 bits per heavy atom. The lowest BCUT2D eigenvalue weighted by Gasteiger charge is -2.36. The summed E-state index contributed by atoms with van der Waals surface area (Å²) < 4.78 is 20.2. The molecular weight excluding hydrogens is 343 g/mol. The van der Waals surface area contributed by atoms with Crippen LogP contribution in [-0.2, 0) is 0 Å². The molecule has 0 radical (unpaired) electrons. The smallest absolute Gasteiger partial charge is 0.196 e. The fraction of sp³-hybridized carbons (Fsp3) is 0.238. The van der Waals surface area contributed by atoms with Gasteiger partial charge >= 0.3 is 0 Å². The van der Waals surface area contributed by atoms with E-state index in [9.17, 15) is 4.39 Å². The van der Waals surface area contributed by atoms with Crippen LogP contribution < -0.4 is 9.80 Å². The molecule has 3 heterocycles. The van der Waals surface area contributed by atoms with Crippen molar-refractivity contribution in [3.63, 3.8) is 0 Å². The topological polar surface area (TPSA) is 45.4 Å². The summed E-state index contributed by atoms with van der Waals surface area (Å²) in [4.78, 5) is 13.6. The summed E-state index contributed by atoms with van der Waals surface area (Å²) in [6.45, 7) is 4.85. The Balaban J connectivity index is 1.49. The van der Waals surface area contributed by atoms with Crippen LogP contribution in [-0.4, -0.2) is 36.1 Å². The first-order valence-corrected chi connectivity index (χ1v) is 9.11. The number of fused-ring (bicyclic) bond motifs is 3. The van der Waals surface area contributed by atoms with E-state index in [0.29, 0.717) is 5.69 Å². The molecule has 2 aromatic carbocycles. The molecular formula is C21H19FN4O. The van der Waals surface area contributed by atoms with Gasteiger partial charge in [0.15, 0.2) is 11.4 Å². The summed E-state index contributed by atoms with van der Waals surface area (Å²) in [5, 5.41) is 1.00. The Kier molecular flexibility index (Phi) is 3.70. The third-order valence-corrected chi connectivity index (χ3v) is 5.09. The molecule has 5 rings (SSSR count). The van der Waals surface area contributed by atoms with Crippen molar-refractivity contribution in [2.24, 2.45) is 0 Å². The van der Waals surface area contributed by atoms with E-state index < -0.39 is 0 Å². The van der Waals surface area contributed by atoms with Gasteiger partial charge in [0.25, 0.3) is 0 Å². The zero-order chi connectivity index (χ0) is 18.4. The van der Waals surface area contributed by atoms with Crippen molar-refractivity contribution in [2.75, 3.05) is 36.0 Å². The fourth-order valence-corrected chi connectivity index (χ4v) is 3.77. The minimum Gasteiger partial charge on any atom is -0.450 e. The predicted molar refractivity (Wildman–Crippen MR) is 105 cm³/mol. The van der Waals surface area contributed by atoms with Gasteiger partial charge < -0.3 is 14.2 Å². The van der Waals surface area contributed by atoms with E-state index in [-0.39, 0.29) is 5.82 Å². The van der Waals surface area contributed by atoms with Crippen molar-refractivity contribution in [1.29, 1.82) is 0 Å². The van der Waals surface area contributed by atoms with Gasteiger partial charge in [0.1, 0.15) is 22.7 Å². The normalized spacial score (nSPS) is 15.0. The van der Waals surface area contributed by atoms with Gasteiger partial charge in [0.05, 0.1) is 5.69 Å². The molecule has 2 aromatic heterocycles. The number of rotatable bonds is 2. The highest BCUT2D eigenvalue weighted by atomic mass is 19.1. The molecule has 0 N–H and O–H groups in total. The minimum absolute atomic E-state index is 0.177. The van der Waals surface area contributed by atoms with Crippen LogP contribution in [0.15, 0.2) is 52.9 Å². The van der Waals surface area contributed by atoms with E-state index in [1.54, 1.807) is 6.07 Å². The van der Waals surface area contributed by atoms with Gasteiger partial charge in [0.2, 0.25) is 0 Å². The second-order valence-electron chi connectivity index (χ2n) is 6.80. The molecule has 1 fully saturated rings. The first kappa shape index (κ1) is 16.1. The molecule has 0 unspecified atom stereocenters. The number of aryl methyl sites for hydroxylation is 1. The van der Waals surface area contributed by atoms with Crippen LogP contribution in [0.5, 0.6) is 0 Å². The summed E-state index contributed by atoms with van der Waals surface area (Å²) in [5.41, 5.74) is 3.05. The van der Waals surface area contributed by atoms with Crippen LogP contribution in [0.25, 0.3) is 22.1 Å². The maximum absolute atomic E-state index is 14.1. The van der Waals surface area contributed by atoms with Crippen molar-refractivity contribution in [3.05, 3.63) is 60.2 Å². The third kappa shape index (κ3) is 2.68. The second-order valence-corrected chi connectivity index (χ2v) is 6.80. The third-order valence-electron chi connectivity index (χ3n) is 5.09. The Hall–Kier alpha value is -3.15. The standard InChI is InChI=1S/C21H19FN4O/c1-14-23-19-15-6-2-5-9-18(15)27-20(19)21(24-14)26-12-10-25(11-13-26)17-8-4-3-7-16(17)22/h2-9H,10-13H2,1H3. The van der Waals surface area contributed by atoms with Gasteiger partial charge in [-0.1, -0.05) is 24.3 Å². The number of hydrogen-bond acceptors (Lipinski definition) is 5. The molecule has 136 valence electrons. The van der Waals surface area contributed by atoms with Gasteiger partial charge in [-0.15, -0.1) is 0 Å². The SMILES string of the molecule is Cc1nc(N2CCN(c3ccccc3F)CC2)c2oc3ccccc3c2n1. The first-order valence-electron chi connectivity index (χ1n) is 9.11. The number of para-hydroxylation sites is 2. The zero-order valence-corrected chi connectivity index (χ0v) is 15.0. The highest BCUT2D eigenvalue weighted by Crippen LogP contribution is 2.33. The van der Waals surface area contributed by atoms with Crippen LogP contribution in [0, 0.1) is 12.7 Å². The lowest BCUT2D eigenvalue weighted by atomic mass is 10.2. The number of hydrogen-bond donors (Lipinski definition) is 0. The highest BCUT2D eigenvalue weighted by molar-refractivity contribution is 6.05. The van der Waals surface area contributed by atoms with E-state index in [4.69, 9.17) is 4.42 Å². The molecule has 0 saturated carbocycles. The molecule has 4 aromatic rings. The summed E-state index contributed by atoms with van der Waals surface area (Å²) in [6.07, 6.45) is 0. The van der Waals surface area contributed by atoms with Crippen LogP contribution in [0.1, 0.15) is 5.82 Å². The summed E-state index contributed by atoms with van der Waals surface area (Å²) in [7, 11) is 0. The van der Waals surface area contributed by atoms with Gasteiger partial charge in [-0.05, 0) is 31.2 Å². The summed E-state index contributed by atoms with van der Waals surface area (Å²) in [6, 6.07) is 14.8. The molecule has 6 heteroatoms. The van der Waals surface area contributed by atoms with E-state index in [2.05, 4.69) is 19.8 Å². The fourth-order valence-electron chi connectivity index (χ4n) is 3.77. The molecule has 1 aliphatic rings. The van der Waals surface area contributed by atoms with E-state index >= 15 is 0 Å². The van der Waals surface area contributed by atoms with Gasteiger partial charge in [-0.2, -0.15) is 0 Å². The molecule has 1 saturated heterocycles. The lowest BCUT2D eigenvalue weighted by molar-refractivity contribution is 0.593. The molecule has 5 nitrogen and oxygen atoms in total. The monoisotopic (exact) mass is 362 g/mol. The number of aromatic nitrogens is 2. The molecule has 1 aliphatic heterocycles. The van der Waals surface area contributed by atoms with Crippen LogP contribution in [0.4, 0.5) is 15.9 Å². The summed E-state index contributed by atoms with van der Waals surface area (Å²) in [5.74, 6) is 1.37. The number of halogens is 1. The Morgan fingerprint density at radius 3 is 2.41 bits per heavy atom. The lowest BCUT2D eigenvalue weighted by Crippen LogP contribution is -2.47. The minimum atomic E-state index is -0.177. The second kappa shape index (κ2) is 6.23. The van der Waals surface area contributed by atoms with Crippen molar-refractivity contribution < 1.29 is 8.81 Å². The van der Waals surface area contributed by atoms with Crippen molar-refractivity contribution in [2.45, 2.75) is 6.92 Å². The Bertz CT molecular complexity index is 1130. The highest BCUT2D eigenvalue weighted by Gasteiger charge is 2.24. The van der Waals surface area contributed by atoms with E-state index in [1.807, 2.05) is 43.3 Å². The number of benzene rings is 2. The number of furan rings is 1. The Morgan fingerprint density at radius 2 is 1.59 bits per heavy atom. The average molecular weight is 362 g/mol. The van der Waals surface area contributed by atoms with Gasteiger partial charge in [-0.25, -0.2) is 14.4 Å². The summed E-state index contributed by atoms with van der Waals surface area (Å²) >= 11 is 0. The average Bonchev–Trinajstić information content (AvgIpc) is 3.07.